The van der Waals surface area contributed by atoms with E-state index in [9.17, 15) is 19.0 Å². The molecule has 1 unspecified atom stereocenters. The summed E-state index contributed by atoms with van der Waals surface area (Å²) in [6, 6.07) is -0.480. The first kappa shape index (κ1) is 19.3. The Morgan fingerprint density at radius 1 is 1.36 bits per heavy atom. The molecule has 0 bridgehead atoms. The van der Waals surface area contributed by atoms with E-state index in [2.05, 4.69) is 10.1 Å². The van der Waals surface area contributed by atoms with Crippen LogP contribution < -0.4 is 5.32 Å². The summed E-state index contributed by atoms with van der Waals surface area (Å²) in [6.45, 7) is 4.07. The van der Waals surface area contributed by atoms with E-state index in [4.69, 9.17) is 4.52 Å². The maximum absolute atomic E-state index is 11.9. The normalized spacial score (nSPS) is 22.0. The molecule has 1 rings (SSSR count). The predicted octanol–water partition coefficient (Wildman–Crippen LogP) is 1.98. The molecule has 1 aliphatic rings. The summed E-state index contributed by atoms with van der Waals surface area (Å²) in [5.41, 5.74) is 0. The van der Waals surface area contributed by atoms with Crippen molar-refractivity contribution in [2.75, 3.05) is 12.7 Å². The molecule has 0 aromatic carbocycles. The van der Waals surface area contributed by atoms with Gasteiger partial charge < -0.3 is 14.9 Å². The van der Waals surface area contributed by atoms with Crippen molar-refractivity contribution in [3.63, 3.8) is 0 Å². The number of hydrogen-bond acceptors (Lipinski definition) is 6. The van der Waals surface area contributed by atoms with Gasteiger partial charge in [0.1, 0.15) is 6.04 Å². The van der Waals surface area contributed by atoms with Gasteiger partial charge in [-0.25, -0.2) is 9.59 Å². The van der Waals surface area contributed by atoms with Crippen LogP contribution in [0.25, 0.3) is 0 Å². The van der Waals surface area contributed by atoms with Crippen LogP contribution in [-0.4, -0.2) is 41.7 Å². The van der Waals surface area contributed by atoms with Gasteiger partial charge in [-0.1, -0.05) is 26.2 Å². The molecule has 0 amide bonds. The molecule has 0 aromatic heterocycles. The maximum Gasteiger partial charge on any atom is 0.343 e. The zero-order valence-electron chi connectivity index (χ0n) is 13.2. The first-order valence-electron chi connectivity index (χ1n) is 7.85. The number of ether oxygens (including phenoxy) is 1. The molecular formula is C14H26NO6P. The van der Waals surface area contributed by atoms with E-state index in [-0.39, 0.29) is 6.16 Å². The van der Waals surface area contributed by atoms with Crippen LogP contribution in [0.3, 0.4) is 0 Å². The molecule has 1 saturated heterocycles. The lowest BCUT2D eigenvalue weighted by Crippen LogP contribution is -2.36. The van der Waals surface area contributed by atoms with Gasteiger partial charge in [-0.3, -0.25) is 9.09 Å². The number of unbranched alkanes of at least 4 members (excludes halogenated alkanes) is 3. The number of carbonyl (C=O) groups is 2. The Kier molecular flexibility index (Phi) is 8.25. The highest BCUT2D eigenvalue weighted by atomic mass is 31.2. The molecule has 22 heavy (non-hydrogen) atoms. The Balaban J connectivity index is 2.35. The van der Waals surface area contributed by atoms with Gasteiger partial charge in [0, 0.05) is 0 Å². The highest BCUT2D eigenvalue weighted by Gasteiger charge is 2.31. The smallest absolute Gasteiger partial charge is 0.343 e. The van der Waals surface area contributed by atoms with Gasteiger partial charge in [-0.05, 0) is 32.7 Å². The molecule has 1 fully saturated rings. The molecular weight excluding hydrogens is 309 g/mol. The van der Waals surface area contributed by atoms with Crippen LogP contribution in [0.2, 0.25) is 0 Å². The van der Waals surface area contributed by atoms with Crippen LogP contribution in [0.5, 0.6) is 0 Å². The topological polar surface area (TPSA) is 102 Å². The Bertz CT molecular complexity index is 422. The molecule has 2 N–H and O–H groups in total. The van der Waals surface area contributed by atoms with Crippen LogP contribution in [0.1, 0.15) is 52.4 Å². The maximum atomic E-state index is 11.9. The molecule has 7 nitrogen and oxygen atoms in total. The largest absolute Gasteiger partial charge is 0.390 e. The highest BCUT2D eigenvalue weighted by molar-refractivity contribution is 7.52. The number of carbonyl (C=O) groups excluding carboxylic acids is 2. The second-order valence-electron chi connectivity index (χ2n) is 5.56. The second-order valence-corrected chi connectivity index (χ2v) is 7.49. The molecule has 0 saturated carbocycles. The van der Waals surface area contributed by atoms with Crippen molar-refractivity contribution in [1.82, 2.24) is 5.32 Å². The quantitative estimate of drug-likeness (QED) is 0.287. The molecule has 0 aromatic rings. The number of esters is 2. The Morgan fingerprint density at radius 2 is 2.09 bits per heavy atom. The molecule has 0 radical (unpaired) electrons. The van der Waals surface area contributed by atoms with Crippen LogP contribution >= 0.6 is 7.60 Å². The Hall–Kier alpha value is -0.750. The third-order valence-electron chi connectivity index (χ3n) is 3.50. The Labute approximate surface area is 131 Å². The SMILES string of the molecule is CCCCCCP(=O)(O)O[C@@H](C)C(=O)OC(=O)[C@@H]1CCCN1. The average molecular weight is 335 g/mol. The van der Waals surface area contributed by atoms with E-state index >= 15 is 0 Å². The summed E-state index contributed by atoms with van der Waals surface area (Å²) in [5.74, 6) is -1.59. The van der Waals surface area contributed by atoms with Crippen LogP contribution in [0, 0.1) is 0 Å². The van der Waals surface area contributed by atoms with Crippen molar-refractivity contribution >= 4 is 19.5 Å². The summed E-state index contributed by atoms with van der Waals surface area (Å²) in [4.78, 5) is 33.1. The van der Waals surface area contributed by atoms with E-state index in [1.165, 1.54) is 6.92 Å². The lowest BCUT2D eigenvalue weighted by Gasteiger charge is -2.17. The summed E-state index contributed by atoms with van der Waals surface area (Å²) in [7, 11) is -3.84. The highest BCUT2D eigenvalue weighted by Crippen LogP contribution is 2.44. The number of rotatable bonds is 9. The van der Waals surface area contributed by atoms with Gasteiger partial charge in [-0.15, -0.1) is 0 Å². The molecule has 0 spiro atoms. The van der Waals surface area contributed by atoms with Gasteiger partial charge in [0.15, 0.2) is 6.10 Å². The zero-order chi connectivity index (χ0) is 16.6. The predicted molar refractivity (Wildman–Crippen MR) is 81.5 cm³/mol. The Morgan fingerprint density at radius 3 is 2.68 bits per heavy atom. The molecule has 0 aliphatic carbocycles. The molecule has 8 heteroatoms. The molecule has 3 atom stereocenters. The van der Waals surface area contributed by atoms with Gasteiger partial charge in [0.05, 0.1) is 6.16 Å². The van der Waals surface area contributed by atoms with Crippen molar-refractivity contribution in [2.24, 2.45) is 0 Å². The fourth-order valence-corrected chi connectivity index (χ4v) is 3.53. The lowest BCUT2D eigenvalue weighted by atomic mass is 10.2. The number of hydrogen-bond donors (Lipinski definition) is 2. The van der Waals surface area contributed by atoms with Gasteiger partial charge >= 0.3 is 19.5 Å². The summed E-state index contributed by atoms with van der Waals surface area (Å²) < 4.78 is 21.5. The van der Waals surface area contributed by atoms with Gasteiger partial charge in [0.25, 0.3) is 0 Å². The summed E-state index contributed by atoms with van der Waals surface area (Å²) in [5, 5.41) is 2.92. The minimum absolute atomic E-state index is 0.00273. The van der Waals surface area contributed by atoms with Crippen LogP contribution in [0.4, 0.5) is 0 Å². The fraction of sp³-hybridized carbons (Fsp3) is 0.857. The average Bonchev–Trinajstić information content (AvgIpc) is 2.97. The standard InChI is InChI=1S/C14H26NO6P/c1-3-4-5-6-10-22(18,19)21-11(2)13(16)20-14(17)12-8-7-9-15-12/h11-12,15H,3-10H2,1-2H3,(H,18,19)/t11-,12-/m0/s1. The molecule has 1 heterocycles. The monoisotopic (exact) mass is 335 g/mol. The second kappa shape index (κ2) is 9.40. The van der Waals surface area contributed by atoms with Crippen LogP contribution in [0.15, 0.2) is 0 Å². The third-order valence-corrected chi connectivity index (χ3v) is 5.02. The van der Waals surface area contributed by atoms with Crippen molar-refractivity contribution in [3.8, 4) is 0 Å². The minimum atomic E-state index is -3.84. The molecule has 128 valence electrons. The number of nitrogens with one attached hydrogen (secondary N) is 1. The first-order valence-corrected chi connectivity index (χ1v) is 9.61. The van der Waals surface area contributed by atoms with Crippen LogP contribution in [-0.2, 0) is 23.4 Å². The van der Waals surface area contributed by atoms with E-state index in [1.54, 1.807) is 0 Å². The van der Waals surface area contributed by atoms with Gasteiger partial charge in [-0.2, -0.15) is 0 Å². The summed E-state index contributed by atoms with van der Waals surface area (Å²) >= 11 is 0. The lowest BCUT2D eigenvalue weighted by molar-refractivity contribution is -0.165. The van der Waals surface area contributed by atoms with E-state index < -0.39 is 31.7 Å². The minimum Gasteiger partial charge on any atom is -0.390 e. The fourth-order valence-electron chi connectivity index (χ4n) is 2.22. The van der Waals surface area contributed by atoms with Crippen molar-refractivity contribution < 1.29 is 28.3 Å². The van der Waals surface area contributed by atoms with Gasteiger partial charge in [0.2, 0.25) is 0 Å². The van der Waals surface area contributed by atoms with E-state index in [1.807, 2.05) is 6.92 Å². The van der Waals surface area contributed by atoms with E-state index in [0.29, 0.717) is 19.4 Å². The van der Waals surface area contributed by atoms with E-state index in [0.717, 1.165) is 25.7 Å². The third kappa shape index (κ3) is 7.01. The molecule has 1 aliphatic heterocycles. The first-order chi connectivity index (χ1) is 10.4. The van der Waals surface area contributed by atoms with Crippen molar-refractivity contribution in [2.45, 2.75) is 64.5 Å². The van der Waals surface area contributed by atoms with Crippen molar-refractivity contribution in [1.29, 1.82) is 0 Å². The summed E-state index contributed by atoms with van der Waals surface area (Å²) in [6.07, 6.45) is 3.65. The van der Waals surface area contributed by atoms with Crippen molar-refractivity contribution in [3.05, 3.63) is 0 Å². The zero-order valence-corrected chi connectivity index (χ0v) is 14.1.